The average Bonchev–Trinajstić information content (AvgIpc) is 2.68. The van der Waals surface area contributed by atoms with Crippen molar-refractivity contribution in [3.8, 4) is 0 Å². The molecule has 1 saturated heterocycles. The Morgan fingerprint density at radius 3 is 2.68 bits per heavy atom. The van der Waals surface area contributed by atoms with Gasteiger partial charge in [0, 0.05) is 25.3 Å². The van der Waals surface area contributed by atoms with Crippen LogP contribution >= 0.6 is 0 Å². The smallest absolute Gasteiger partial charge is 0.238 e. The zero-order valence-corrected chi connectivity index (χ0v) is 10.6. The molecule has 2 rings (SSSR count). The van der Waals surface area contributed by atoms with E-state index in [-0.39, 0.29) is 12.5 Å². The van der Waals surface area contributed by atoms with E-state index in [1.54, 1.807) is 11.0 Å². The van der Waals surface area contributed by atoms with Crippen LogP contribution < -0.4 is 11.1 Å². The van der Waals surface area contributed by atoms with Gasteiger partial charge in [-0.1, -0.05) is 12.1 Å². The predicted octanol–water partition coefficient (Wildman–Crippen LogP) is -0.879. The molecular weight excluding hydrogens is 246 g/mol. The Hall–Kier alpha value is -1.47. The maximum atomic E-state index is 11.8. The number of carbonyl (C=O) groups is 1. The Balaban J connectivity index is 1.87. The molecule has 1 aromatic carbocycles. The van der Waals surface area contributed by atoms with E-state index in [1.165, 1.54) is 0 Å². The summed E-state index contributed by atoms with van der Waals surface area (Å²) in [5.74, 6) is -0.171. The number of aliphatic hydroxyl groups is 2. The van der Waals surface area contributed by atoms with Gasteiger partial charge in [-0.2, -0.15) is 0 Å². The molecule has 0 aromatic heterocycles. The second-order valence-electron chi connectivity index (χ2n) is 4.78. The maximum Gasteiger partial charge on any atom is 0.238 e. The normalized spacial score (nSPS) is 23.5. The molecule has 0 bridgehead atoms. The fourth-order valence-electron chi connectivity index (χ4n) is 2.16. The zero-order chi connectivity index (χ0) is 13.8. The van der Waals surface area contributed by atoms with Gasteiger partial charge in [0.05, 0.1) is 18.8 Å². The summed E-state index contributed by atoms with van der Waals surface area (Å²) in [5.41, 5.74) is 7.19. The van der Waals surface area contributed by atoms with Crippen LogP contribution in [0.2, 0.25) is 0 Å². The van der Waals surface area contributed by atoms with E-state index in [9.17, 15) is 15.0 Å². The molecule has 1 aromatic rings. The van der Waals surface area contributed by atoms with Crippen molar-refractivity contribution >= 4 is 11.6 Å². The Morgan fingerprint density at radius 2 is 2.05 bits per heavy atom. The van der Waals surface area contributed by atoms with Gasteiger partial charge in [0.25, 0.3) is 0 Å². The number of benzene rings is 1. The molecule has 2 atom stereocenters. The molecule has 6 nitrogen and oxygen atoms in total. The molecule has 19 heavy (non-hydrogen) atoms. The van der Waals surface area contributed by atoms with Crippen molar-refractivity contribution in [2.24, 2.45) is 5.73 Å². The highest BCUT2D eigenvalue weighted by Crippen LogP contribution is 2.12. The number of hydrogen-bond acceptors (Lipinski definition) is 5. The molecule has 1 fully saturated rings. The van der Waals surface area contributed by atoms with E-state index in [0.29, 0.717) is 25.3 Å². The van der Waals surface area contributed by atoms with Gasteiger partial charge >= 0.3 is 0 Å². The van der Waals surface area contributed by atoms with Gasteiger partial charge in [0.2, 0.25) is 5.91 Å². The van der Waals surface area contributed by atoms with E-state index >= 15 is 0 Å². The first-order valence-corrected chi connectivity index (χ1v) is 6.26. The van der Waals surface area contributed by atoms with Crippen LogP contribution in [0.4, 0.5) is 5.69 Å². The minimum atomic E-state index is -0.770. The monoisotopic (exact) mass is 265 g/mol. The third-order valence-corrected chi connectivity index (χ3v) is 3.15. The van der Waals surface area contributed by atoms with E-state index in [0.717, 1.165) is 5.56 Å². The number of nitrogens with zero attached hydrogens (tertiary/aromatic N) is 1. The fraction of sp³-hybridized carbons (Fsp3) is 0.462. The molecule has 2 unspecified atom stereocenters. The second-order valence-corrected chi connectivity index (χ2v) is 4.78. The lowest BCUT2D eigenvalue weighted by Crippen LogP contribution is -2.32. The number of amides is 1. The molecule has 6 heteroatoms. The molecule has 5 N–H and O–H groups in total. The molecule has 0 aliphatic carbocycles. The highest BCUT2D eigenvalue weighted by molar-refractivity contribution is 5.92. The van der Waals surface area contributed by atoms with Crippen LogP contribution in [0.3, 0.4) is 0 Å². The maximum absolute atomic E-state index is 11.8. The molecule has 0 saturated carbocycles. The van der Waals surface area contributed by atoms with Crippen LogP contribution in [0.5, 0.6) is 0 Å². The zero-order valence-electron chi connectivity index (χ0n) is 10.6. The van der Waals surface area contributed by atoms with Crippen molar-refractivity contribution in [3.05, 3.63) is 29.8 Å². The molecule has 104 valence electrons. The summed E-state index contributed by atoms with van der Waals surface area (Å²) in [6, 6.07) is 7.35. The van der Waals surface area contributed by atoms with E-state index in [2.05, 4.69) is 5.32 Å². The molecular formula is C13H19N3O3. The third kappa shape index (κ3) is 3.74. The van der Waals surface area contributed by atoms with Gasteiger partial charge in [-0.3, -0.25) is 9.69 Å². The van der Waals surface area contributed by atoms with Crippen molar-refractivity contribution in [1.29, 1.82) is 0 Å². The van der Waals surface area contributed by atoms with Crippen molar-refractivity contribution < 1.29 is 15.0 Å². The summed E-state index contributed by atoms with van der Waals surface area (Å²) >= 11 is 0. The highest BCUT2D eigenvalue weighted by Gasteiger charge is 2.30. The number of carbonyl (C=O) groups excluding carboxylic acids is 1. The quantitative estimate of drug-likeness (QED) is 0.567. The lowest BCUT2D eigenvalue weighted by molar-refractivity contribution is -0.117. The van der Waals surface area contributed by atoms with Crippen molar-refractivity contribution in [2.75, 3.05) is 25.0 Å². The van der Waals surface area contributed by atoms with Crippen LogP contribution in [0.25, 0.3) is 0 Å². The number of rotatable bonds is 4. The van der Waals surface area contributed by atoms with Gasteiger partial charge in [0.1, 0.15) is 0 Å². The Kier molecular flexibility index (Phi) is 4.49. The summed E-state index contributed by atoms with van der Waals surface area (Å²) in [4.78, 5) is 13.6. The molecule has 1 amide bonds. The van der Waals surface area contributed by atoms with Gasteiger partial charge in [-0.05, 0) is 17.7 Å². The topological polar surface area (TPSA) is 98.8 Å². The van der Waals surface area contributed by atoms with Crippen molar-refractivity contribution in [1.82, 2.24) is 4.90 Å². The number of anilines is 1. The summed E-state index contributed by atoms with van der Waals surface area (Å²) in [6.45, 7) is 1.21. The highest BCUT2D eigenvalue weighted by atomic mass is 16.3. The van der Waals surface area contributed by atoms with Crippen molar-refractivity contribution in [2.45, 2.75) is 18.8 Å². The van der Waals surface area contributed by atoms with Crippen LogP contribution in [0.1, 0.15) is 5.56 Å². The first kappa shape index (κ1) is 14.0. The Bertz CT molecular complexity index is 443. The second kappa shape index (κ2) is 6.12. The Morgan fingerprint density at radius 1 is 1.37 bits per heavy atom. The van der Waals surface area contributed by atoms with Crippen LogP contribution in [0.15, 0.2) is 24.3 Å². The molecule has 1 aliphatic heterocycles. The van der Waals surface area contributed by atoms with E-state index in [4.69, 9.17) is 5.73 Å². The molecule has 1 aliphatic rings. The predicted molar refractivity (Wildman–Crippen MR) is 71.4 cm³/mol. The summed E-state index contributed by atoms with van der Waals surface area (Å²) in [5, 5.41) is 21.6. The molecule has 1 heterocycles. The third-order valence-electron chi connectivity index (χ3n) is 3.15. The molecule has 0 spiro atoms. The van der Waals surface area contributed by atoms with E-state index in [1.807, 2.05) is 18.2 Å². The van der Waals surface area contributed by atoms with Crippen LogP contribution in [0, 0.1) is 0 Å². The van der Waals surface area contributed by atoms with Gasteiger partial charge < -0.3 is 21.3 Å². The van der Waals surface area contributed by atoms with Gasteiger partial charge in [-0.15, -0.1) is 0 Å². The van der Waals surface area contributed by atoms with Crippen LogP contribution in [-0.2, 0) is 11.3 Å². The number of aliphatic hydroxyl groups excluding tert-OH is 2. The average molecular weight is 265 g/mol. The number of β-amino-alcohol motifs (C(OH)–C–C–N with tert-alkyl or cyclic N) is 2. The minimum absolute atomic E-state index is 0.154. The Labute approximate surface area is 111 Å². The number of hydrogen-bond donors (Lipinski definition) is 4. The minimum Gasteiger partial charge on any atom is -0.389 e. The number of likely N-dealkylation sites (tertiary alicyclic amines) is 1. The first-order valence-electron chi connectivity index (χ1n) is 6.26. The van der Waals surface area contributed by atoms with Crippen molar-refractivity contribution in [3.63, 3.8) is 0 Å². The first-order chi connectivity index (χ1) is 9.08. The van der Waals surface area contributed by atoms with Gasteiger partial charge in [0.15, 0.2) is 0 Å². The van der Waals surface area contributed by atoms with E-state index < -0.39 is 12.2 Å². The summed E-state index contributed by atoms with van der Waals surface area (Å²) in [7, 11) is 0. The standard InChI is InChI=1S/C13H19N3O3/c14-5-9-2-1-3-10(4-9)15-13(19)8-16-6-11(17)12(18)7-16/h1-4,11-12,17-18H,5-8,14H2,(H,15,19). The summed E-state index contributed by atoms with van der Waals surface area (Å²) in [6.07, 6.45) is -1.54. The SMILES string of the molecule is NCc1cccc(NC(=O)CN2CC(O)C(O)C2)c1. The fourth-order valence-corrected chi connectivity index (χ4v) is 2.16. The van der Waals surface area contributed by atoms with Crippen LogP contribution in [-0.4, -0.2) is 52.9 Å². The summed E-state index contributed by atoms with van der Waals surface area (Å²) < 4.78 is 0. The number of nitrogens with two attached hydrogens (primary N) is 1. The largest absolute Gasteiger partial charge is 0.389 e. The lowest BCUT2D eigenvalue weighted by Gasteiger charge is -2.14. The van der Waals surface area contributed by atoms with Gasteiger partial charge in [-0.25, -0.2) is 0 Å². The lowest BCUT2D eigenvalue weighted by atomic mass is 10.2. The number of nitrogens with one attached hydrogen (secondary N) is 1. The molecule has 0 radical (unpaired) electrons.